The number of benzene rings is 2. The van der Waals surface area contributed by atoms with Gasteiger partial charge in [0.2, 0.25) is 0 Å². The van der Waals surface area contributed by atoms with E-state index in [2.05, 4.69) is 0 Å². The molecule has 3 aromatic rings. The lowest BCUT2D eigenvalue weighted by atomic mass is 10.1. The van der Waals surface area contributed by atoms with Crippen LogP contribution in [0.5, 0.6) is 0 Å². The van der Waals surface area contributed by atoms with Gasteiger partial charge in [-0.1, -0.05) is 24.3 Å². The fourth-order valence-electron chi connectivity index (χ4n) is 2.65. The summed E-state index contributed by atoms with van der Waals surface area (Å²) in [6.07, 6.45) is -4.75. The molecule has 24 heavy (non-hydrogen) atoms. The molecule has 0 fully saturated rings. The van der Waals surface area contributed by atoms with E-state index in [0.717, 1.165) is 11.5 Å². The number of nitrogens with zero attached hydrogens (tertiary/aromatic N) is 1. The molecule has 3 rings (SSSR count). The number of amides is 1. The van der Waals surface area contributed by atoms with Crippen LogP contribution < -0.4 is 5.73 Å². The van der Waals surface area contributed by atoms with Gasteiger partial charge in [0.1, 0.15) is 11.5 Å². The van der Waals surface area contributed by atoms with Gasteiger partial charge in [0, 0.05) is 17.4 Å². The number of fused-ring (bicyclic) bond motifs is 1. The van der Waals surface area contributed by atoms with Gasteiger partial charge in [-0.05, 0) is 29.8 Å². The van der Waals surface area contributed by atoms with Gasteiger partial charge in [0.25, 0.3) is 5.91 Å². The van der Waals surface area contributed by atoms with Crippen LogP contribution in [0.15, 0.2) is 48.5 Å². The minimum atomic E-state index is -4.75. The van der Waals surface area contributed by atoms with E-state index in [9.17, 15) is 22.4 Å². The predicted molar refractivity (Wildman–Crippen MR) is 81.0 cm³/mol. The third-order valence-corrected chi connectivity index (χ3v) is 3.74. The van der Waals surface area contributed by atoms with Crippen LogP contribution in [0.3, 0.4) is 0 Å². The number of hydrogen-bond donors (Lipinski definition) is 1. The maximum absolute atomic E-state index is 13.7. The molecule has 124 valence electrons. The molecule has 0 aliphatic carbocycles. The number of carbonyl (C=O) groups excluding carboxylic acids is 1. The topological polar surface area (TPSA) is 48.0 Å². The molecule has 0 aliphatic rings. The van der Waals surface area contributed by atoms with E-state index in [4.69, 9.17) is 5.73 Å². The zero-order valence-electron chi connectivity index (χ0n) is 12.3. The minimum absolute atomic E-state index is 0.0286. The highest BCUT2D eigenvalue weighted by Crippen LogP contribution is 2.32. The Morgan fingerprint density at radius 3 is 2.42 bits per heavy atom. The third-order valence-electron chi connectivity index (χ3n) is 3.74. The maximum Gasteiger partial charge on any atom is 0.419 e. The summed E-state index contributed by atoms with van der Waals surface area (Å²) < 4.78 is 53.2. The van der Waals surface area contributed by atoms with Crippen LogP contribution >= 0.6 is 0 Å². The number of primary amides is 1. The van der Waals surface area contributed by atoms with E-state index < -0.39 is 23.5 Å². The van der Waals surface area contributed by atoms with Crippen molar-refractivity contribution in [2.24, 2.45) is 5.73 Å². The number of rotatable bonds is 3. The van der Waals surface area contributed by atoms with Gasteiger partial charge in [0.05, 0.1) is 5.56 Å². The largest absolute Gasteiger partial charge is 0.419 e. The Hall–Kier alpha value is -2.83. The summed E-state index contributed by atoms with van der Waals surface area (Å²) in [6.45, 7) is 0.0286. The second kappa shape index (κ2) is 5.67. The fourth-order valence-corrected chi connectivity index (χ4v) is 2.65. The number of aromatic nitrogens is 1. The Balaban J connectivity index is 2.06. The van der Waals surface area contributed by atoms with Crippen molar-refractivity contribution in [1.82, 2.24) is 4.57 Å². The van der Waals surface area contributed by atoms with Crippen LogP contribution in [0.1, 0.15) is 21.6 Å². The Labute approximate surface area is 134 Å². The molecule has 1 heterocycles. The molecule has 0 aliphatic heterocycles. The normalized spacial score (nSPS) is 11.8. The molecule has 0 saturated carbocycles. The predicted octanol–water partition coefficient (Wildman–Crippen LogP) is 3.95. The highest BCUT2D eigenvalue weighted by atomic mass is 19.4. The van der Waals surface area contributed by atoms with Gasteiger partial charge >= 0.3 is 6.18 Å². The summed E-state index contributed by atoms with van der Waals surface area (Å²) in [5, 5.41) is 0.763. The van der Waals surface area contributed by atoms with E-state index in [1.165, 1.54) is 6.07 Å². The average Bonchev–Trinajstić information content (AvgIpc) is 2.85. The van der Waals surface area contributed by atoms with Crippen molar-refractivity contribution < 1.29 is 22.4 Å². The average molecular weight is 336 g/mol. The lowest BCUT2D eigenvalue weighted by molar-refractivity contribution is -0.140. The first kappa shape index (κ1) is 16.0. The van der Waals surface area contributed by atoms with Crippen LogP contribution in [0.4, 0.5) is 17.6 Å². The summed E-state index contributed by atoms with van der Waals surface area (Å²) in [5.74, 6) is -2.02. The summed E-state index contributed by atoms with van der Waals surface area (Å²) in [4.78, 5) is 11.6. The zero-order chi connectivity index (χ0) is 17.5. The van der Waals surface area contributed by atoms with E-state index in [-0.39, 0.29) is 12.2 Å². The maximum atomic E-state index is 13.7. The zero-order valence-corrected chi connectivity index (χ0v) is 12.3. The Bertz CT molecular complexity index is 928. The molecule has 1 aromatic heterocycles. The molecular formula is C17H12F4N2O. The van der Waals surface area contributed by atoms with E-state index in [1.54, 1.807) is 34.9 Å². The molecule has 0 saturated heterocycles. The highest BCUT2D eigenvalue weighted by Gasteiger charge is 2.33. The lowest BCUT2D eigenvalue weighted by Gasteiger charge is -2.12. The number of halogens is 4. The van der Waals surface area contributed by atoms with Crippen LogP contribution in [-0.2, 0) is 12.7 Å². The Kier molecular flexibility index (Phi) is 3.79. The first-order valence-corrected chi connectivity index (χ1v) is 7.01. The van der Waals surface area contributed by atoms with Crippen LogP contribution in [-0.4, -0.2) is 10.5 Å². The van der Waals surface area contributed by atoms with Gasteiger partial charge < -0.3 is 10.3 Å². The van der Waals surface area contributed by atoms with Crippen molar-refractivity contribution >= 4 is 16.8 Å². The van der Waals surface area contributed by atoms with Gasteiger partial charge in [-0.3, -0.25) is 4.79 Å². The number of alkyl halides is 3. The second-order valence-corrected chi connectivity index (χ2v) is 5.35. The highest BCUT2D eigenvalue weighted by molar-refractivity contribution is 5.97. The first-order chi connectivity index (χ1) is 11.3. The molecule has 3 nitrogen and oxygen atoms in total. The van der Waals surface area contributed by atoms with Crippen molar-refractivity contribution in [1.29, 1.82) is 0 Å². The summed E-state index contributed by atoms with van der Waals surface area (Å²) in [6, 6.07) is 11.4. The smallest absolute Gasteiger partial charge is 0.364 e. The van der Waals surface area contributed by atoms with Crippen LogP contribution in [0.2, 0.25) is 0 Å². The number of hydrogen-bond acceptors (Lipinski definition) is 1. The van der Waals surface area contributed by atoms with Crippen LogP contribution in [0.25, 0.3) is 10.9 Å². The molecule has 7 heteroatoms. The van der Waals surface area contributed by atoms with Crippen LogP contribution in [0, 0.1) is 5.82 Å². The molecule has 0 spiro atoms. The fraction of sp³-hybridized carbons (Fsp3) is 0.118. The molecule has 1 amide bonds. The lowest BCUT2D eigenvalue weighted by Crippen LogP contribution is -2.17. The molecule has 0 atom stereocenters. The van der Waals surface area contributed by atoms with Crippen molar-refractivity contribution in [3.63, 3.8) is 0 Å². The van der Waals surface area contributed by atoms with Crippen molar-refractivity contribution in [3.8, 4) is 0 Å². The van der Waals surface area contributed by atoms with Gasteiger partial charge in [-0.2, -0.15) is 13.2 Å². The van der Waals surface area contributed by atoms with E-state index in [1.807, 2.05) is 0 Å². The van der Waals surface area contributed by atoms with Crippen molar-refractivity contribution in [3.05, 3.63) is 71.2 Å². The first-order valence-electron chi connectivity index (χ1n) is 7.01. The number of nitrogens with two attached hydrogens (primary N) is 1. The monoisotopic (exact) mass is 336 g/mol. The molecule has 0 unspecified atom stereocenters. The van der Waals surface area contributed by atoms with Crippen molar-refractivity contribution in [2.75, 3.05) is 0 Å². The Morgan fingerprint density at radius 2 is 1.79 bits per heavy atom. The minimum Gasteiger partial charge on any atom is -0.364 e. The SMILES string of the molecule is NC(=O)c1cc2ccccc2n1Cc1ccc(C(F)(F)F)c(F)c1. The summed E-state index contributed by atoms with van der Waals surface area (Å²) >= 11 is 0. The summed E-state index contributed by atoms with van der Waals surface area (Å²) in [5.41, 5.74) is 5.23. The molecule has 0 radical (unpaired) electrons. The number of para-hydroxylation sites is 1. The molecule has 2 aromatic carbocycles. The second-order valence-electron chi connectivity index (χ2n) is 5.35. The van der Waals surface area contributed by atoms with E-state index >= 15 is 0 Å². The molecular weight excluding hydrogens is 324 g/mol. The van der Waals surface area contributed by atoms with Gasteiger partial charge in [-0.15, -0.1) is 0 Å². The van der Waals surface area contributed by atoms with Crippen molar-refractivity contribution in [2.45, 2.75) is 12.7 Å². The van der Waals surface area contributed by atoms with Gasteiger partial charge in [0.15, 0.2) is 0 Å². The molecule has 0 bridgehead atoms. The molecule has 2 N–H and O–H groups in total. The number of carbonyl (C=O) groups is 1. The summed E-state index contributed by atoms with van der Waals surface area (Å²) in [7, 11) is 0. The standard InChI is InChI=1S/C17H12F4N2O/c18-13-7-10(5-6-12(13)17(19,20)21)9-23-14-4-2-1-3-11(14)8-15(23)16(22)24/h1-8H,9H2,(H2,22,24). The Morgan fingerprint density at radius 1 is 1.08 bits per heavy atom. The van der Waals surface area contributed by atoms with E-state index in [0.29, 0.717) is 17.1 Å². The van der Waals surface area contributed by atoms with Gasteiger partial charge in [-0.25, -0.2) is 4.39 Å². The quantitative estimate of drug-likeness (QED) is 0.724. The third kappa shape index (κ3) is 2.84.